The van der Waals surface area contributed by atoms with Crippen molar-refractivity contribution >= 4 is 5.91 Å². The Labute approximate surface area is 102 Å². The van der Waals surface area contributed by atoms with Gasteiger partial charge in [-0.1, -0.05) is 0 Å². The Bertz CT molecular complexity index is 424. The van der Waals surface area contributed by atoms with Crippen molar-refractivity contribution in [2.24, 2.45) is 7.05 Å². The summed E-state index contributed by atoms with van der Waals surface area (Å²) in [6.45, 7) is 7.05. The van der Waals surface area contributed by atoms with Crippen molar-refractivity contribution in [3.05, 3.63) is 17.2 Å². The molecule has 5 heteroatoms. The molecule has 0 aromatic carbocycles. The lowest BCUT2D eigenvalue weighted by Gasteiger charge is -2.17. The minimum atomic E-state index is 0.116. The van der Waals surface area contributed by atoms with Crippen molar-refractivity contribution in [1.29, 1.82) is 0 Å². The molecule has 1 aliphatic rings. The number of amides is 1. The molecule has 1 fully saturated rings. The number of hydrogen-bond acceptors (Lipinski definition) is 3. The summed E-state index contributed by atoms with van der Waals surface area (Å²) in [6.07, 6.45) is 1.01. The predicted molar refractivity (Wildman–Crippen MR) is 65.6 cm³/mol. The fraction of sp³-hybridized carbons (Fsp3) is 0.667. The molecule has 17 heavy (non-hydrogen) atoms. The van der Waals surface area contributed by atoms with E-state index < -0.39 is 0 Å². The fourth-order valence-corrected chi connectivity index (χ4v) is 2.13. The molecular formula is C12H20N4O. The first-order valence-electron chi connectivity index (χ1n) is 6.06. The van der Waals surface area contributed by atoms with Crippen LogP contribution in [0.5, 0.6) is 0 Å². The minimum Gasteiger partial charge on any atom is -0.355 e. The summed E-state index contributed by atoms with van der Waals surface area (Å²) in [4.78, 5) is 18.2. The highest BCUT2D eigenvalue weighted by Crippen LogP contribution is 2.11. The third-order valence-electron chi connectivity index (χ3n) is 3.42. The monoisotopic (exact) mass is 236 g/mol. The average Bonchev–Trinajstić information content (AvgIpc) is 2.47. The van der Waals surface area contributed by atoms with Crippen LogP contribution < -0.4 is 5.32 Å². The van der Waals surface area contributed by atoms with Crippen LogP contribution in [0.15, 0.2) is 0 Å². The lowest BCUT2D eigenvalue weighted by atomic mass is 10.4. The molecule has 0 unspecified atom stereocenters. The van der Waals surface area contributed by atoms with Crippen LogP contribution in [-0.2, 0) is 18.4 Å². The Morgan fingerprint density at radius 1 is 1.41 bits per heavy atom. The maximum absolute atomic E-state index is 11.5. The van der Waals surface area contributed by atoms with E-state index in [-0.39, 0.29) is 5.91 Å². The molecule has 1 aromatic rings. The van der Waals surface area contributed by atoms with E-state index in [4.69, 9.17) is 0 Å². The van der Waals surface area contributed by atoms with E-state index in [2.05, 4.69) is 26.7 Å². The first-order valence-corrected chi connectivity index (χ1v) is 6.06. The third-order valence-corrected chi connectivity index (χ3v) is 3.42. The van der Waals surface area contributed by atoms with Crippen LogP contribution >= 0.6 is 0 Å². The van der Waals surface area contributed by atoms with E-state index in [1.54, 1.807) is 0 Å². The second kappa shape index (κ2) is 4.87. The molecule has 0 saturated carbocycles. The lowest BCUT2D eigenvalue weighted by molar-refractivity contribution is -0.121. The van der Waals surface area contributed by atoms with E-state index in [9.17, 15) is 4.79 Å². The van der Waals surface area contributed by atoms with E-state index in [0.29, 0.717) is 6.54 Å². The first kappa shape index (κ1) is 12.1. The molecule has 1 N–H and O–H groups in total. The molecule has 5 nitrogen and oxygen atoms in total. The molecule has 0 radical (unpaired) electrons. The molecule has 2 heterocycles. The van der Waals surface area contributed by atoms with Crippen LogP contribution in [0.4, 0.5) is 0 Å². The quantitative estimate of drug-likeness (QED) is 0.806. The highest BCUT2D eigenvalue weighted by Gasteiger charge is 2.17. The van der Waals surface area contributed by atoms with E-state index >= 15 is 0 Å². The highest BCUT2D eigenvalue weighted by atomic mass is 16.2. The number of aryl methyl sites for hydroxylation is 1. The Balaban J connectivity index is 2.09. The maximum atomic E-state index is 11.5. The second-order valence-corrected chi connectivity index (χ2v) is 4.67. The Kier molecular flexibility index (Phi) is 3.47. The van der Waals surface area contributed by atoms with Gasteiger partial charge in [-0.3, -0.25) is 9.69 Å². The summed E-state index contributed by atoms with van der Waals surface area (Å²) in [7, 11) is 2.03. The van der Waals surface area contributed by atoms with Crippen LogP contribution in [-0.4, -0.2) is 40.0 Å². The van der Waals surface area contributed by atoms with Crippen molar-refractivity contribution in [1.82, 2.24) is 19.8 Å². The zero-order valence-electron chi connectivity index (χ0n) is 10.8. The number of carbonyl (C=O) groups is 1. The molecule has 1 aromatic heterocycles. The Morgan fingerprint density at radius 3 is 2.82 bits per heavy atom. The Morgan fingerprint density at radius 2 is 2.18 bits per heavy atom. The maximum Gasteiger partial charge on any atom is 0.234 e. The topological polar surface area (TPSA) is 50.2 Å². The van der Waals surface area contributed by atoms with E-state index in [1.807, 2.05) is 14.0 Å². The van der Waals surface area contributed by atoms with Gasteiger partial charge in [0.05, 0.1) is 18.8 Å². The van der Waals surface area contributed by atoms with Crippen LogP contribution in [0.3, 0.4) is 0 Å². The highest BCUT2D eigenvalue weighted by molar-refractivity contribution is 5.78. The second-order valence-electron chi connectivity index (χ2n) is 4.67. The van der Waals surface area contributed by atoms with Crippen molar-refractivity contribution in [3.63, 3.8) is 0 Å². The summed E-state index contributed by atoms with van der Waals surface area (Å²) < 4.78 is 2.11. The predicted octanol–water partition coefficient (Wildman–Crippen LogP) is 0.359. The van der Waals surface area contributed by atoms with Crippen molar-refractivity contribution in [3.8, 4) is 0 Å². The minimum absolute atomic E-state index is 0.116. The van der Waals surface area contributed by atoms with Gasteiger partial charge in [-0.15, -0.1) is 0 Å². The molecule has 1 amide bonds. The summed E-state index contributed by atoms with van der Waals surface area (Å²) in [5.41, 5.74) is 2.26. The molecule has 2 rings (SSSR count). The van der Waals surface area contributed by atoms with Gasteiger partial charge in [-0.25, -0.2) is 4.98 Å². The van der Waals surface area contributed by atoms with Crippen LogP contribution in [0.25, 0.3) is 0 Å². The SMILES string of the molecule is Cc1nc(CN2CCCNC(=O)C2)n(C)c1C. The number of nitrogens with zero attached hydrogens (tertiary/aromatic N) is 3. The molecule has 0 bridgehead atoms. The summed E-state index contributed by atoms with van der Waals surface area (Å²) in [6, 6.07) is 0. The van der Waals surface area contributed by atoms with Crippen LogP contribution in [0.2, 0.25) is 0 Å². The average molecular weight is 236 g/mol. The number of aromatic nitrogens is 2. The molecular weight excluding hydrogens is 216 g/mol. The molecule has 0 aliphatic carbocycles. The number of hydrogen-bond donors (Lipinski definition) is 1. The van der Waals surface area contributed by atoms with Crippen LogP contribution in [0.1, 0.15) is 23.6 Å². The normalized spacial score (nSPS) is 17.9. The molecule has 94 valence electrons. The summed E-state index contributed by atoms with van der Waals surface area (Å²) in [5, 5.41) is 2.88. The Hall–Kier alpha value is -1.36. The lowest BCUT2D eigenvalue weighted by Crippen LogP contribution is -2.33. The molecule has 0 atom stereocenters. The number of rotatable bonds is 2. The van der Waals surface area contributed by atoms with Gasteiger partial charge in [-0.2, -0.15) is 0 Å². The standard InChI is InChI=1S/C12H20N4O/c1-9-10(2)15(3)11(14-9)7-16-6-4-5-13-12(17)8-16/h4-8H2,1-3H3,(H,13,17). The zero-order chi connectivity index (χ0) is 12.4. The van der Waals surface area contributed by atoms with Gasteiger partial charge in [0.1, 0.15) is 5.82 Å². The van der Waals surface area contributed by atoms with Crippen molar-refractivity contribution < 1.29 is 4.79 Å². The first-order chi connectivity index (χ1) is 8.08. The van der Waals surface area contributed by atoms with Gasteiger partial charge < -0.3 is 9.88 Å². The number of imidazole rings is 1. The van der Waals surface area contributed by atoms with E-state index in [0.717, 1.165) is 37.6 Å². The van der Waals surface area contributed by atoms with Crippen molar-refractivity contribution in [2.75, 3.05) is 19.6 Å². The van der Waals surface area contributed by atoms with Gasteiger partial charge in [0, 0.05) is 25.8 Å². The largest absolute Gasteiger partial charge is 0.355 e. The van der Waals surface area contributed by atoms with Crippen molar-refractivity contribution in [2.45, 2.75) is 26.8 Å². The van der Waals surface area contributed by atoms with Crippen LogP contribution in [0, 0.1) is 13.8 Å². The zero-order valence-corrected chi connectivity index (χ0v) is 10.8. The molecule has 0 spiro atoms. The van der Waals surface area contributed by atoms with Gasteiger partial charge in [-0.05, 0) is 20.3 Å². The fourth-order valence-electron chi connectivity index (χ4n) is 2.13. The third kappa shape index (κ3) is 2.66. The van der Waals surface area contributed by atoms with Gasteiger partial charge in [0.2, 0.25) is 5.91 Å². The smallest absolute Gasteiger partial charge is 0.234 e. The number of carbonyl (C=O) groups excluding carboxylic acids is 1. The summed E-state index contributed by atoms with van der Waals surface area (Å²) >= 11 is 0. The van der Waals surface area contributed by atoms with E-state index in [1.165, 1.54) is 5.69 Å². The number of nitrogens with one attached hydrogen (secondary N) is 1. The molecule has 1 aliphatic heterocycles. The summed E-state index contributed by atoms with van der Waals surface area (Å²) in [5.74, 6) is 1.15. The van der Waals surface area contributed by atoms with Gasteiger partial charge in [0.15, 0.2) is 0 Å². The molecule has 1 saturated heterocycles. The van der Waals surface area contributed by atoms with Gasteiger partial charge in [0.25, 0.3) is 0 Å². The van der Waals surface area contributed by atoms with Gasteiger partial charge >= 0.3 is 0 Å².